The van der Waals surface area contributed by atoms with Crippen LogP contribution >= 0.6 is 0 Å². The number of allylic oxidation sites excluding steroid dienone is 1. The summed E-state index contributed by atoms with van der Waals surface area (Å²) in [5, 5.41) is 10.8. The molecule has 2 aromatic carbocycles. The summed E-state index contributed by atoms with van der Waals surface area (Å²) in [6.07, 6.45) is 3.02. The number of hydrogen-bond acceptors (Lipinski definition) is 5. The normalized spacial score (nSPS) is 11.1. The van der Waals surface area contributed by atoms with E-state index in [1.807, 2.05) is 18.2 Å². The average molecular weight is 336 g/mol. The van der Waals surface area contributed by atoms with Crippen molar-refractivity contribution in [1.82, 2.24) is 0 Å². The topological polar surface area (TPSA) is 76.7 Å². The van der Waals surface area contributed by atoms with Gasteiger partial charge in [0.25, 0.3) is 0 Å². The predicted molar refractivity (Wildman–Crippen MR) is 95.2 cm³/mol. The van der Waals surface area contributed by atoms with Crippen LogP contribution in [0.2, 0.25) is 0 Å². The van der Waals surface area contributed by atoms with Crippen LogP contribution in [0.4, 0.5) is 0 Å². The van der Waals surface area contributed by atoms with E-state index in [2.05, 4.69) is 0 Å². The zero-order valence-corrected chi connectivity index (χ0v) is 13.8. The summed E-state index contributed by atoms with van der Waals surface area (Å²) >= 11 is 0. The van der Waals surface area contributed by atoms with Crippen LogP contribution in [0.15, 0.2) is 57.8 Å². The Morgan fingerprint density at radius 3 is 2.76 bits per heavy atom. The van der Waals surface area contributed by atoms with Crippen LogP contribution in [0.5, 0.6) is 11.5 Å². The van der Waals surface area contributed by atoms with Crippen LogP contribution in [-0.2, 0) is 0 Å². The van der Waals surface area contributed by atoms with Crippen molar-refractivity contribution in [3.05, 3.63) is 75.7 Å². The Balaban J connectivity index is 1.98. The summed E-state index contributed by atoms with van der Waals surface area (Å²) in [6, 6.07) is 11.5. The summed E-state index contributed by atoms with van der Waals surface area (Å²) in [5.74, 6) is 0.140. The van der Waals surface area contributed by atoms with Crippen molar-refractivity contribution < 1.29 is 19.1 Å². The fourth-order valence-corrected chi connectivity index (χ4v) is 2.63. The number of phenols is 1. The molecule has 3 rings (SSSR count). The molecule has 0 atom stereocenters. The maximum atomic E-state index is 12.4. The monoisotopic (exact) mass is 336 g/mol. The van der Waals surface area contributed by atoms with E-state index < -0.39 is 5.63 Å². The van der Waals surface area contributed by atoms with E-state index in [-0.39, 0.29) is 22.7 Å². The van der Waals surface area contributed by atoms with Gasteiger partial charge in [0.2, 0.25) is 0 Å². The van der Waals surface area contributed by atoms with Gasteiger partial charge >= 0.3 is 5.63 Å². The molecule has 1 aromatic heterocycles. The number of rotatable bonds is 4. The van der Waals surface area contributed by atoms with Gasteiger partial charge in [0.15, 0.2) is 5.78 Å². The molecule has 3 aromatic rings. The van der Waals surface area contributed by atoms with Crippen LogP contribution in [0, 0.1) is 6.92 Å². The van der Waals surface area contributed by atoms with E-state index in [1.165, 1.54) is 24.3 Å². The molecule has 25 heavy (non-hydrogen) atoms. The molecule has 126 valence electrons. The Hall–Kier alpha value is -3.34. The Morgan fingerprint density at radius 2 is 2.00 bits per heavy atom. The standard InChI is InChI=1S/C20H16O5/c1-12-10-18(22)25-17-9-7-15(20(23)19(12)17)16(21)8-6-13-4-3-5-14(11-13)24-2/h3-11,23H,1-2H3/b8-6+. The van der Waals surface area contributed by atoms with E-state index in [1.54, 1.807) is 26.2 Å². The molecule has 0 aliphatic carbocycles. The van der Waals surface area contributed by atoms with Crippen molar-refractivity contribution in [1.29, 1.82) is 0 Å². The van der Waals surface area contributed by atoms with Crippen LogP contribution in [0.3, 0.4) is 0 Å². The molecule has 0 spiro atoms. The highest BCUT2D eigenvalue weighted by Crippen LogP contribution is 2.31. The first-order valence-electron chi connectivity index (χ1n) is 7.62. The lowest BCUT2D eigenvalue weighted by Crippen LogP contribution is -2.01. The first kappa shape index (κ1) is 16.5. The third-order valence-corrected chi connectivity index (χ3v) is 3.87. The van der Waals surface area contributed by atoms with Gasteiger partial charge < -0.3 is 14.3 Å². The average Bonchev–Trinajstić information content (AvgIpc) is 2.59. The van der Waals surface area contributed by atoms with Gasteiger partial charge in [0, 0.05) is 6.07 Å². The van der Waals surface area contributed by atoms with Crippen molar-refractivity contribution in [2.45, 2.75) is 6.92 Å². The van der Waals surface area contributed by atoms with E-state index >= 15 is 0 Å². The fourth-order valence-electron chi connectivity index (χ4n) is 2.63. The Bertz CT molecular complexity index is 1040. The lowest BCUT2D eigenvalue weighted by Gasteiger charge is -2.06. The Morgan fingerprint density at radius 1 is 1.20 bits per heavy atom. The third kappa shape index (κ3) is 3.30. The van der Waals surface area contributed by atoms with Gasteiger partial charge in [0.05, 0.1) is 18.1 Å². The van der Waals surface area contributed by atoms with Gasteiger partial charge in [-0.25, -0.2) is 4.79 Å². The van der Waals surface area contributed by atoms with Gasteiger partial charge in [-0.05, 0) is 48.4 Å². The first-order chi connectivity index (χ1) is 12.0. The van der Waals surface area contributed by atoms with Crippen molar-refractivity contribution in [3.8, 4) is 11.5 Å². The van der Waals surface area contributed by atoms with Crippen LogP contribution in [0.25, 0.3) is 17.0 Å². The Labute approximate surface area is 143 Å². The van der Waals surface area contributed by atoms with Crippen molar-refractivity contribution in [2.24, 2.45) is 0 Å². The molecule has 0 amide bonds. The van der Waals surface area contributed by atoms with Gasteiger partial charge in [-0.3, -0.25) is 4.79 Å². The molecule has 0 radical (unpaired) electrons. The summed E-state index contributed by atoms with van der Waals surface area (Å²) < 4.78 is 10.2. The largest absolute Gasteiger partial charge is 0.506 e. The quantitative estimate of drug-likeness (QED) is 0.446. The van der Waals surface area contributed by atoms with Gasteiger partial charge in [-0.2, -0.15) is 0 Å². The molecule has 5 nitrogen and oxygen atoms in total. The second-order valence-corrected chi connectivity index (χ2v) is 5.56. The second-order valence-electron chi connectivity index (χ2n) is 5.56. The number of phenolic OH excluding ortho intramolecular Hbond substituents is 1. The number of carbonyl (C=O) groups excluding carboxylic acids is 1. The number of fused-ring (bicyclic) bond motifs is 1. The maximum Gasteiger partial charge on any atom is 0.336 e. The maximum absolute atomic E-state index is 12.4. The van der Waals surface area contributed by atoms with Crippen LogP contribution < -0.4 is 10.4 Å². The van der Waals surface area contributed by atoms with E-state index in [0.717, 1.165) is 5.56 Å². The molecule has 5 heteroatoms. The number of benzene rings is 2. The number of ether oxygens (including phenoxy) is 1. The minimum absolute atomic E-state index is 0.142. The summed E-state index contributed by atoms with van der Waals surface area (Å²) in [4.78, 5) is 23.9. The number of aromatic hydroxyl groups is 1. The van der Waals surface area contributed by atoms with E-state index in [0.29, 0.717) is 16.7 Å². The number of hydrogen-bond donors (Lipinski definition) is 1. The summed E-state index contributed by atoms with van der Waals surface area (Å²) in [5.41, 5.74) is 1.24. The van der Waals surface area contributed by atoms with Gasteiger partial charge in [-0.1, -0.05) is 18.2 Å². The van der Waals surface area contributed by atoms with E-state index in [4.69, 9.17) is 9.15 Å². The molecule has 1 N–H and O–H groups in total. The highest BCUT2D eigenvalue weighted by atomic mass is 16.5. The van der Waals surface area contributed by atoms with Gasteiger partial charge in [-0.15, -0.1) is 0 Å². The van der Waals surface area contributed by atoms with Crippen molar-refractivity contribution >= 4 is 22.8 Å². The number of ketones is 1. The fraction of sp³-hybridized carbons (Fsp3) is 0.100. The molecule has 1 heterocycles. The molecule has 0 saturated heterocycles. The lowest BCUT2D eigenvalue weighted by atomic mass is 10.0. The summed E-state index contributed by atoms with van der Waals surface area (Å²) in [7, 11) is 1.57. The zero-order valence-electron chi connectivity index (χ0n) is 13.8. The third-order valence-electron chi connectivity index (χ3n) is 3.87. The number of carbonyl (C=O) groups is 1. The Kier molecular flexibility index (Phi) is 4.39. The SMILES string of the molecule is COc1cccc(/C=C/C(=O)c2ccc3oc(=O)cc(C)c3c2O)c1. The molecule has 0 fully saturated rings. The van der Waals surface area contributed by atoms with Gasteiger partial charge in [0.1, 0.15) is 17.1 Å². The minimum Gasteiger partial charge on any atom is -0.506 e. The second kappa shape index (κ2) is 6.65. The molecule has 0 aliphatic heterocycles. The number of methoxy groups -OCH3 is 1. The molecular weight excluding hydrogens is 320 g/mol. The first-order valence-corrected chi connectivity index (χ1v) is 7.62. The highest BCUT2D eigenvalue weighted by molar-refractivity contribution is 6.11. The zero-order chi connectivity index (χ0) is 18.0. The molecule has 0 saturated carbocycles. The predicted octanol–water partition coefficient (Wildman–Crippen LogP) is 3.71. The van der Waals surface area contributed by atoms with Crippen LogP contribution in [-0.4, -0.2) is 18.0 Å². The van der Waals surface area contributed by atoms with Crippen molar-refractivity contribution in [2.75, 3.05) is 7.11 Å². The molecule has 0 unspecified atom stereocenters. The number of aryl methyl sites for hydroxylation is 1. The van der Waals surface area contributed by atoms with Crippen LogP contribution in [0.1, 0.15) is 21.5 Å². The smallest absolute Gasteiger partial charge is 0.336 e. The summed E-state index contributed by atoms with van der Waals surface area (Å²) in [6.45, 7) is 1.68. The lowest BCUT2D eigenvalue weighted by molar-refractivity contribution is 0.104. The minimum atomic E-state index is -0.499. The van der Waals surface area contributed by atoms with Crippen molar-refractivity contribution in [3.63, 3.8) is 0 Å². The highest BCUT2D eigenvalue weighted by Gasteiger charge is 2.15. The molecule has 0 bridgehead atoms. The van der Waals surface area contributed by atoms with E-state index in [9.17, 15) is 14.7 Å². The molecule has 0 aliphatic rings. The molecular formula is C20H16O5.